The highest BCUT2D eigenvalue weighted by Gasteiger charge is 2.30. The van der Waals surface area contributed by atoms with Crippen LogP contribution >= 0.6 is 7.82 Å². The molecule has 1 amide bonds. The van der Waals surface area contributed by atoms with E-state index in [4.69, 9.17) is 18.3 Å². The van der Waals surface area contributed by atoms with Gasteiger partial charge in [0.25, 0.3) is 11.4 Å². The Kier molecular flexibility index (Phi) is 11.1. The van der Waals surface area contributed by atoms with Crippen LogP contribution in [0, 0.1) is 20.2 Å². The van der Waals surface area contributed by atoms with Gasteiger partial charge in [0.15, 0.2) is 0 Å². The number of hydrogen-bond donors (Lipinski definition) is 2. The van der Waals surface area contributed by atoms with Crippen LogP contribution in [0.2, 0.25) is 0 Å². The molecule has 0 aliphatic carbocycles. The first-order valence-electron chi connectivity index (χ1n) is 13.0. The van der Waals surface area contributed by atoms with E-state index in [1.807, 2.05) is 0 Å². The summed E-state index contributed by atoms with van der Waals surface area (Å²) in [6, 6.07) is 15.2. The van der Waals surface area contributed by atoms with E-state index in [9.17, 15) is 39.5 Å². The molecule has 0 radical (unpaired) electrons. The number of nitro benzene ring substituents is 2. The number of carbonyl (C=O) groups is 2. The maximum Gasteiger partial charge on any atom is 0.530 e. The van der Waals surface area contributed by atoms with E-state index < -0.39 is 41.4 Å². The molecule has 44 heavy (non-hydrogen) atoms. The molecule has 15 nitrogen and oxygen atoms in total. The van der Waals surface area contributed by atoms with Gasteiger partial charge in [0.1, 0.15) is 17.4 Å². The zero-order valence-corrected chi connectivity index (χ0v) is 24.8. The Morgan fingerprint density at radius 2 is 1.25 bits per heavy atom. The van der Waals surface area contributed by atoms with Gasteiger partial charge >= 0.3 is 19.9 Å². The summed E-state index contributed by atoms with van der Waals surface area (Å²) < 4.78 is 35.4. The lowest BCUT2D eigenvalue weighted by atomic mass is 10.1. The number of aliphatic carboxylic acids is 1. The Balaban J connectivity index is 1.73. The number of non-ortho nitro benzene ring substituents is 2. The summed E-state index contributed by atoms with van der Waals surface area (Å²) in [5, 5.41) is 33.7. The summed E-state index contributed by atoms with van der Waals surface area (Å²) in [7, 11) is -4.37. The number of benzene rings is 3. The van der Waals surface area contributed by atoms with Gasteiger partial charge in [-0.1, -0.05) is 12.1 Å². The van der Waals surface area contributed by atoms with Gasteiger partial charge in [0.2, 0.25) is 0 Å². The second kappa shape index (κ2) is 14.6. The molecule has 0 fully saturated rings. The number of carboxylic acid groups (broad SMARTS) is 1. The number of alkyl carbamates (subject to hydrolysis) is 1. The van der Waals surface area contributed by atoms with E-state index in [2.05, 4.69) is 5.32 Å². The molecule has 0 saturated carbocycles. The fourth-order valence-electron chi connectivity index (χ4n) is 3.53. The Hall–Kier alpha value is -4.85. The van der Waals surface area contributed by atoms with Crippen LogP contribution in [0.1, 0.15) is 37.5 Å². The molecule has 1 atom stereocenters. The minimum absolute atomic E-state index is 0.0384. The van der Waals surface area contributed by atoms with E-state index in [-0.39, 0.29) is 36.8 Å². The zero-order valence-electron chi connectivity index (χ0n) is 23.9. The van der Waals surface area contributed by atoms with Crippen LogP contribution in [0.3, 0.4) is 0 Å². The standard InChI is InChI=1S/C28H30N3O12P/c1-28(2,3)42-27(34)29-25(26(32)33)16-19-8-14-24(15-9-19)43-44(39,40-17-20-4-10-22(11-5-20)30(35)36)41-18-21-6-12-23(13-7-21)31(37)38/h4-15,25H,16-18H2,1-3H3,(H,29,34)(H,32,33). The number of phosphoric acid groups is 1. The number of phosphoric ester groups is 1. The summed E-state index contributed by atoms with van der Waals surface area (Å²) >= 11 is 0. The molecule has 0 heterocycles. The second-order valence-corrected chi connectivity index (χ2v) is 11.9. The average Bonchev–Trinajstić information content (AvgIpc) is 2.95. The van der Waals surface area contributed by atoms with Gasteiger partial charge in [-0.25, -0.2) is 14.2 Å². The van der Waals surface area contributed by atoms with Crippen molar-refractivity contribution in [1.82, 2.24) is 5.32 Å². The quantitative estimate of drug-likeness (QED) is 0.120. The summed E-state index contributed by atoms with van der Waals surface area (Å²) in [4.78, 5) is 44.5. The number of nitro groups is 2. The number of nitrogens with zero attached hydrogens (tertiary/aromatic N) is 2. The molecule has 1 unspecified atom stereocenters. The molecular formula is C28H30N3O12P. The molecule has 0 spiro atoms. The average molecular weight is 632 g/mol. The molecule has 3 aromatic carbocycles. The third-order valence-corrected chi connectivity index (χ3v) is 6.97. The Labute approximate surface area is 251 Å². The van der Waals surface area contributed by atoms with E-state index in [0.29, 0.717) is 16.7 Å². The smallest absolute Gasteiger partial charge is 0.480 e. The number of carboxylic acids is 1. The molecule has 0 aliphatic heterocycles. The van der Waals surface area contributed by atoms with Crippen molar-refractivity contribution in [2.24, 2.45) is 0 Å². The zero-order chi connectivity index (χ0) is 32.5. The van der Waals surface area contributed by atoms with Crippen molar-refractivity contribution in [3.05, 3.63) is 110 Å². The number of amides is 1. The lowest BCUT2D eigenvalue weighted by Crippen LogP contribution is -2.44. The van der Waals surface area contributed by atoms with Crippen molar-refractivity contribution in [2.75, 3.05) is 0 Å². The first-order valence-corrected chi connectivity index (χ1v) is 14.5. The molecule has 2 N–H and O–H groups in total. The van der Waals surface area contributed by atoms with Gasteiger partial charge in [-0.3, -0.25) is 29.3 Å². The number of hydrogen-bond acceptors (Lipinski definition) is 11. The van der Waals surface area contributed by atoms with Gasteiger partial charge < -0.3 is 19.7 Å². The van der Waals surface area contributed by atoms with Gasteiger partial charge in [0.05, 0.1) is 23.1 Å². The third-order valence-electron chi connectivity index (χ3n) is 5.64. The highest BCUT2D eigenvalue weighted by atomic mass is 31.2. The minimum atomic E-state index is -4.37. The Morgan fingerprint density at radius 1 is 0.818 bits per heavy atom. The number of carbonyl (C=O) groups excluding carboxylic acids is 1. The number of ether oxygens (including phenoxy) is 1. The van der Waals surface area contributed by atoms with Crippen molar-refractivity contribution in [3.8, 4) is 5.75 Å². The molecule has 16 heteroatoms. The number of nitrogens with one attached hydrogen (secondary N) is 1. The maximum atomic E-state index is 13.6. The predicted octanol–water partition coefficient (Wildman–Crippen LogP) is 5.94. The van der Waals surface area contributed by atoms with Crippen LogP contribution in [0.25, 0.3) is 0 Å². The number of rotatable bonds is 14. The van der Waals surface area contributed by atoms with Crippen molar-refractivity contribution in [2.45, 2.75) is 52.0 Å². The first kappa shape index (κ1) is 33.6. The van der Waals surface area contributed by atoms with E-state index >= 15 is 0 Å². The van der Waals surface area contributed by atoms with Gasteiger partial charge in [-0.15, -0.1) is 0 Å². The molecule has 0 aromatic heterocycles. The largest absolute Gasteiger partial charge is 0.530 e. The van der Waals surface area contributed by atoms with Crippen LogP contribution in [-0.2, 0) is 42.8 Å². The lowest BCUT2D eigenvalue weighted by molar-refractivity contribution is -0.385. The SMILES string of the molecule is CC(C)(C)OC(=O)NC(Cc1ccc(OP(=O)(OCc2ccc([N+](=O)[O-])cc2)OCc2ccc([N+](=O)[O-])cc2)cc1)C(=O)O. The maximum absolute atomic E-state index is 13.6. The topological polar surface area (TPSA) is 207 Å². The molecular weight excluding hydrogens is 601 g/mol. The van der Waals surface area contributed by atoms with Gasteiger partial charge in [-0.2, -0.15) is 0 Å². The molecule has 0 saturated heterocycles. The highest BCUT2D eigenvalue weighted by Crippen LogP contribution is 2.51. The van der Waals surface area contributed by atoms with E-state index in [1.54, 1.807) is 20.8 Å². The first-order chi connectivity index (χ1) is 20.6. The molecule has 3 aromatic rings. The molecule has 0 bridgehead atoms. The van der Waals surface area contributed by atoms with Crippen LogP contribution in [0.4, 0.5) is 16.2 Å². The summed E-state index contributed by atoms with van der Waals surface area (Å²) in [5.74, 6) is -1.24. The van der Waals surface area contributed by atoms with Crippen LogP contribution in [-0.4, -0.2) is 38.7 Å². The highest BCUT2D eigenvalue weighted by molar-refractivity contribution is 7.48. The minimum Gasteiger partial charge on any atom is -0.480 e. The van der Waals surface area contributed by atoms with E-state index in [1.165, 1.54) is 72.8 Å². The van der Waals surface area contributed by atoms with Crippen molar-refractivity contribution in [1.29, 1.82) is 0 Å². The predicted molar refractivity (Wildman–Crippen MR) is 155 cm³/mol. The Morgan fingerprint density at radius 3 is 1.64 bits per heavy atom. The second-order valence-electron chi connectivity index (χ2n) is 10.3. The normalized spacial score (nSPS) is 12.2. The lowest BCUT2D eigenvalue weighted by Gasteiger charge is -2.22. The fraction of sp³-hybridized carbons (Fsp3) is 0.286. The third kappa shape index (κ3) is 10.8. The fourth-order valence-corrected chi connectivity index (χ4v) is 4.70. The Bertz CT molecular complexity index is 1460. The summed E-state index contributed by atoms with van der Waals surface area (Å²) in [5.41, 5.74) is 0.260. The van der Waals surface area contributed by atoms with Crippen LogP contribution < -0.4 is 9.84 Å². The van der Waals surface area contributed by atoms with Crippen molar-refractivity contribution >= 4 is 31.3 Å². The molecule has 0 aliphatic rings. The van der Waals surface area contributed by atoms with Crippen LogP contribution in [0.5, 0.6) is 5.75 Å². The van der Waals surface area contributed by atoms with Crippen molar-refractivity contribution in [3.63, 3.8) is 0 Å². The van der Waals surface area contributed by atoms with Crippen molar-refractivity contribution < 1.29 is 47.4 Å². The van der Waals surface area contributed by atoms with Gasteiger partial charge in [-0.05, 0) is 73.9 Å². The molecule has 3 rings (SSSR count). The van der Waals surface area contributed by atoms with Gasteiger partial charge in [0, 0.05) is 30.7 Å². The summed E-state index contributed by atoms with van der Waals surface area (Å²) in [6.07, 6.45) is -0.985. The van der Waals surface area contributed by atoms with E-state index in [0.717, 1.165) is 0 Å². The molecule has 234 valence electrons. The monoisotopic (exact) mass is 631 g/mol. The van der Waals surface area contributed by atoms with Crippen LogP contribution in [0.15, 0.2) is 72.8 Å². The summed E-state index contributed by atoms with van der Waals surface area (Å²) in [6.45, 7) is 4.33.